The number of carbonyl (C=O) groups is 1. The first-order valence-electron chi connectivity index (χ1n) is 9.38. The van der Waals surface area contributed by atoms with Crippen LogP contribution in [0.1, 0.15) is 34.6 Å². The lowest BCUT2D eigenvalue weighted by atomic mass is 9.91. The maximum atomic E-state index is 13.0. The maximum Gasteiger partial charge on any atom is 0.573 e. The average Bonchev–Trinajstić information content (AvgIpc) is 3.27. The fraction of sp³-hybridized carbons (Fsp3) is 0.350. The molecule has 0 spiro atoms. The number of ether oxygens (including phenoxy) is 1. The Morgan fingerprint density at radius 3 is 2.57 bits per heavy atom. The highest BCUT2D eigenvalue weighted by molar-refractivity contribution is 7.15. The summed E-state index contributed by atoms with van der Waals surface area (Å²) in [5.41, 5.74) is 1.10. The zero-order valence-electron chi connectivity index (χ0n) is 16.1. The van der Waals surface area contributed by atoms with Gasteiger partial charge in [0.1, 0.15) is 16.5 Å². The highest BCUT2D eigenvalue weighted by Crippen LogP contribution is 2.32. The van der Waals surface area contributed by atoms with E-state index in [0.29, 0.717) is 22.8 Å². The fourth-order valence-electron chi connectivity index (χ4n) is 3.22. The van der Waals surface area contributed by atoms with Crippen molar-refractivity contribution >= 4 is 17.2 Å². The van der Waals surface area contributed by atoms with E-state index in [9.17, 15) is 18.0 Å². The molecule has 4 rings (SSSR count). The molecular formula is C20H19F3N4O2S. The van der Waals surface area contributed by atoms with Crippen molar-refractivity contribution in [1.82, 2.24) is 19.4 Å². The highest BCUT2D eigenvalue weighted by Gasteiger charge is 2.32. The molecular weight excluding hydrogens is 417 g/mol. The summed E-state index contributed by atoms with van der Waals surface area (Å²) in [7, 11) is 1.82. The number of halogens is 3. The van der Waals surface area contributed by atoms with Crippen molar-refractivity contribution in [2.45, 2.75) is 38.2 Å². The fourth-order valence-corrected chi connectivity index (χ4v) is 4.13. The second kappa shape index (κ2) is 8.10. The van der Waals surface area contributed by atoms with Crippen LogP contribution >= 0.6 is 11.3 Å². The second-order valence-corrected chi connectivity index (χ2v) is 8.26. The molecule has 0 unspecified atom stereocenters. The minimum absolute atomic E-state index is 0.107. The molecule has 0 atom stereocenters. The summed E-state index contributed by atoms with van der Waals surface area (Å²) in [6.45, 7) is 0.424. The molecule has 0 N–H and O–H groups in total. The Morgan fingerprint density at radius 2 is 2.00 bits per heavy atom. The van der Waals surface area contributed by atoms with Gasteiger partial charge in [-0.3, -0.25) is 4.79 Å². The predicted molar refractivity (Wildman–Crippen MR) is 105 cm³/mol. The quantitative estimate of drug-likeness (QED) is 0.565. The van der Waals surface area contributed by atoms with Crippen molar-refractivity contribution in [2.75, 3.05) is 0 Å². The van der Waals surface area contributed by atoms with E-state index in [4.69, 9.17) is 0 Å². The molecule has 1 amide bonds. The molecule has 158 valence electrons. The van der Waals surface area contributed by atoms with E-state index in [2.05, 4.69) is 14.7 Å². The summed E-state index contributed by atoms with van der Waals surface area (Å²) in [5.74, 6) is -0.385. The summed E-state index contributed by atoms with van der Waals surface area (Å²) < 4.78 is 42.6. The van der Waals surface area contributed by atoms with Gasteiger partial charge in [-0.1, -0.05) is 0 Å². The molecule has 1 saturated carbocycles. The van der Waals surface area contributed by atoms with Crippen LogP contribution in [0.15, 0.2) is 43.0 Å². The van der Waals surface area contributed by atoms with Crippen molar-refractivity contribution in [3.05, 3.63) is 53.6 Å². The standard InChI is InChI=1S/C20H19F3N4O2S/c1-26-11-17(25-12-26)19(28)27(14-3-2-4-14)10-16-9-24-18(30-16)13-5-7-15(8-6-13)29-20(21,22)23/h5-9,11-12,14H,2-4,10H2,1H3. The van der Waals surface area contributed by atoms with Crippen molar-refractivity contribution in [2.24, 2.45) is 7.05 Å². The van der Waals surface area contributed by atoms with Gasteiger partial charge in [-0.2, -0.15) is 0 Å². The summed E-state index contributed by atoms with van der Waals surface area (Å²) in [5, 5.41) is 0.669. The monoisotopic (exact) mass is 436 g/mol. The van der Waals surface area contributed by atoms with E-state index in [1.54, 1.807) is 23.3 Å². The molecule has 1 aliphatic rings. The summed E-state index contributed by atoms with van der Waals surface area (Å²) >= 11 is 1.41. The van der Waals surface area contributed by atoms with Crippen molar-refractivity contribution in [3.8, 4) is 16.3 Å². The second-order valence-electron chi connectivity index (χ2n) is 7.15. The van der Waals surface area contributed by atoms with Crippen LogP contribution in [-0.2, 0) is 13.6 Å². The van der Waals surface area contributed by atoms with Gasteiger partial charge < -0.3 is 14.2 Å². The molecule has 10 heteroatoms. The number of benzene rings is 1. The Balaban J connectivity index is 1.49. The maximum absolute atomic E-state index is 13.0. The van der Waals surface area contributed by atoms with Gasteiger partial charge in [-0.05, 0) is 43.5 Å². The SMILES string of the molecule is Cn1cnc(C(=O)N(Cc2cnc(-c3ccc(OC(F)(F)F)cc3)s2)C2CCC2)c1. The van der Waals surface area contributed by atoms with Crippen molar-refractivity contribution in [3.63, 3.8) is 0 Å². The average molecular weight is 436 g/mol. The summed E-state index contributed by atoms with van der Waals surface area (Å²) in [6, 6.07) is 5.77. The minimum atomic E-state index is -4.72. The number of alkyl halides is 3. The van der Waals surface area contributed by atoms with Crippen LogP contribution in [0.25, 0.3) is 10.6 Å². The van der Waals surface area contributed by atoms with Gasteiger partial charge in [0.2, 0.25) is 0 Å². The van der Waals surface area contributed by atoms with E-state index in [1.165, 1.54) is 35.6 Å². The van der Waals surface area contributed by atoms with Crippen LogP contribution in [0.3, 0.4) is 0 Å². The van der Waals surface area contributed by atoms with Crippen molar-refractivity contribution < 1.29 is 22.7 Å². The Labute approximate surface area is 174 Å². The third kappa shape index (κ3) is 4.64. The van der Waals surface area contributed by atoms with E-state index in [-0.39, 0.29) is 17.7 Å². The lowest BCUT2D eigenvalue weighted by molar-refractivity contribution is -0.274. The predicted octanol–water partition coefficient (Wildman–Crippen LogP) is 4.64. The molecule has 1 aromatic carbocycles. The van der Waals surface area contributed by atoms with Gasteiger partial charge in [-0.25, -0.2) is 9.97 Å². The molecule has 2 aromatic heterocycles. The molecule has 0 saturated heterocycles. The first-order chi connectivity index (χ1) is 14.3. The molecule has 3 aromatic rings. The summed E-state index contributed by atoms with van der Waals surface area (Å²) in [6.07, 6.45) is 3.31. The zero-order valence-corrected chi connectivity index (χ0v) is 16.9. The van der Waals surface area contributed by atoms with Crippen LogP contribution < -0.4 is 4.74 Å². The molecule has 30 heavy (non-hydrogen) atoms. The van der Waals surface area contributed by atoms with Gasteiger partial charge in [0.05, 0.1) is 12.9 Å². The first kappa shape index (κ1) is 20.4. The normalized spacial score (nSPS) is 14.4. The largest absolute Gasteiger partial charge is 0.573 e. The Bertz CT molecular complexity index is 1030. The van der Waals surface area contributed by atoms with Crippen LogP contribution in [0, 0.1) is 0 Å². The number of hydrogen-bond acceptors (Lipinski definition) is 5. The molecule has 2 heterocycles. The summed E-state index contributed by atoms with van der Waals surface area (Å²) in [4.78, 5) is 24.2. The van der Waals surface area contributed by atoms with E-state index in [0.717, 1.165) is 24.1 Å². The van der Waals surface area contributed by atoms with E-state index in [1.807, 2.05) is 11.9 Å². The molecule has 0 radical (unpaired) electrons. The van der Waals surface area contributed by atoms with Crippen LogP contribution in [0.4, 0.5) is 13.2 Å². The number of thiazole rings is 1. The third-order valence-corrected chi connectivity index (χ3v) is 5.95. The highest BCUT2D eigenvalue weighted by atomic mass is 32.1. The first-order valence-corrected chi connectivity index (χ1v) is 10.2. The van der Waals surface area contributed by atoms with Crippen LogP contribution in [0.5, 0.6) is 5.75 Å². The molecule has 6 nitrogen and oxygen atoms in total. The van der Waals surface area contributed by atoms with E-state index < -0.39 is 6.36 Å². The number of amides is 1. The number of aryl methyl sites for hydroxylation is 1. The number of imidazole rings is 1. The van der Waals surface area contributed by atoms with Crippen LogP contribution in [0.2, 0.25) is 0 Å². The van der Waals surface area contributed by atoms with Crippen LogP contribution in [-0.4, -0.2) is 37.7 Å². The number of rotatable bonds is 6. The van der Waals surface area contributed by atoms with Gasteiger partial charge in [0, 0.05) is 35.9 Å². The van der Waals surface area contributed by atoms with E-state index >= 15 is 0 Å². The van der Waals surface area contributed by atoms with Gasteiger partial charge in [0.25, 0.3) is 5.91 Å². The molecule has 0 bridgehead atoms. The zero-order chi connectivity index (χ0) is 21.3. The van der Waals surface area contributed by atoms with Gasteiger partial charge in [-0.15, -0.1) is 24.5 Å². The Hall–Kier alpha value is -2.88. The molecule has 0 aliphatic heterocycles. The molecule has 1 aliphatic carbocycles. The lowest BCUT2D eigenvalue weighted by Crippen LogP contribution is -2.43. The number of carbonyl (C=O) groups excluding carboxylic acids is 1. The third-order valence-electron chi connectivity index (χ3n) is 4.91. The Kier molecular flexibility index (Phi) is 5.50. The number of hydrogen-bond donors (Lipinski definition) is 0. The Morgan fingerprint density at radius 1 is 1.27 bits per heavy atom. The topological polar surface area (TPSA) is 60.2 Å². The molecule has 1 fully saturated rings. The van der Waals surface area contributed by atoms with Gasteiger partial charge in [0.15, 0.2) is 0 Å². The number of nitrogens with zero attached hydrogens (tertiary/aromatic N) is 4. The van der Waals surface area contributed by atoms with Crippen molar-refractivity contribution in [1.29, 1.82) is 0 Å². The number of aromatic nitrogens is 3. The lowest BCUT2D eigenvalue weighted by Gasteiger charge is -2.37. The minimum Gasteiger partial charge on any atom is -0.406 e. The smallest absolute Gasteiger partial charge is 0.406 e. The van der Waals surface area contributed by atoms with Gasteiger partial charge >= 0.3 is 6.36 Å².